The first kappa shape index (κ1) is 23.0. The zero-order valence-electron chi connectivity index (χ0n) is 19.8. The lowest BCUT2D eigenvalue weighted by Crippen LogP contribution is -2.44. The number of carbonyl (C=O) groups excluding carboxylic acids is 2. The number of hydrogen-bond acceptors (Lipinski definition) is 10. The van der Waals surface area contributed by atoms with Gasteiger partial charge in [-0.2, -0.15) is 0 Å². The summed E-state index contributed by atoms with van der Waals surface area (Å²) in [7, 11) is 1.52. The molecule has 10 heteroatoms. The summed E-state index contributed by atoms with van der Waals surface area (Å²) >= 11 is 0. The van der Waals surface area contributed by atoms with Gasteiger partial charge in [0.25, 0.3) is 5.79 Å². The molecule has 0 saturated carbocycles. The standard InChI is InChI=1S/C26H23N3O7/c1-26(2)35-24(30)22(25(31)36-26)23(28-12-17-10-15-6-4-5-7-19(15)34-17)29-16-8-9-18(20(11-16)32-3)21-13-27-14-33-21/h4-11,13-14,28-29H,12H2,1-3H3. The molecule has 3 heterocycles. The van der Waals surface area contributed by atoms with Crippen LogP contribution in [0.5, 0.6) is 5.75 Å². The predicted molar refractivity (Wildman–Crippen MR) is 128 cm³/mol. The summed E-state index contributed by atoms with van der Waals surface area (Å²) in [5.41, 5.74) is 1.63. The summed E-state index contributed by atoms with van der Waals surface area (Å²) in [6, 6.07) is 14.7. The SMILES string of the molecule is COc1cc(NC(NCc2cc3ccccc3o2)=C2C(=O)OC(C)(C)OC2=O)ccc1-c1cnco1. The number of ether oxygens (including phenoxy) is 3. The van der Waals surface area contributed by atoms with E-state index in [4.69, 9.17) is 23.0 Å². The van der Waals surface area contributed by atoms with Crippen molar-refractivity contribution in [3.8, 4) is 17.1 Å². The second kappa shape index (κ2) is 9.14. The van der Waals surface area contributed by atoms with Crippen LogP contribution in [0.1, 0.15) is 19.6 Å². The molecule has 0 radical (unpaired) electrons. The summed E-state index contributed by atoms with van der Waals surface area (Å²) in [4.78, 5) is 29.6. The van der Waals surface area contributed by atoms with Gasteiger partial charge in [0.2, 0.25) is 0 Å². The fourth-order valence-electron chi connectivity index (χ4n) is 3.82. The van der Waals surface area contributed by atoms with Gasteiger partial charge < -0.3 is 33.7 Å². The molecule has 4 aromatic rings. The molecule has 10 nitrogen and oxygen atoms in total. The Balaban J connectivity index is 1.48. The largest absolute Gasteiger partial charge is 0.496 e. The van der Waals surface area contributed by atoms with Gasteiger partial charge in [0, 0.05) is 31.0 Å². The van der Waals surface area contributed by atoms with Gasteiger partial charge in [-0.05, 0) is 24.3 Å². The van der Waals surface area contributed by atoms with Gasteiger partial charge in [-0.15, -0.1) is 0 Å². The number of fused-ring (bicyclic) bond motifs is 1. The maximum Gasteiger partial charge on any atom is 0.352 e. The Morgan fingerprint density at radius 3 is 2.53 bits per heavy atom. The maximum atomic E-state index is 12.8. The van der Waals surface area contributed by atoms with Crippen molar-refractivity contribution in [3.05, 3.63) is 78.3 Å². The molecule has 184 valence electrons. The second-order valence-corrected chi connectivity index (χ2v) is 8.44. The highest BCUT2D eigenvalue weighted by Crippen LogP contribution is 2.33. The highest BCUT2D eigenvalue weighted by atomic mass is 16.7. The number of esters is 2. The van der Waals surface area contributed by atoms with Gasteiger partial charge >= 0.3 is 11.9 Å². The van der Waals surface area contributed by atoms with E-state index in [1.807, 2.05) is 30.3 Å². The molecule has 0 amide bonds. The molecule has 2 N–H and O–H groups in total. The van der Waals surface area contributed by atoms with Crippen LogP contribution in [-0.2, 0) is 25.6 Å². The molecule has 1 aliphatic rings. The number of furan rings is 1. The van der Waals surface area contributed by atoms with Gasteiger partial charge in [0.05, 0.1) is 25.4 Å². The lowest BCUT2D eigenvalue weighted by molar-refractivity contribution is -0.222. The number of rotatable bonds is 7. The van der Waals surface area contributed by atoms with E-state index < -0.39 is 17.7 Å². The Morgan fingerprint density at radius 2 is 1.83 bits per heavy atom. The Hall–Kier alpha value is -4.73. The molecular weight excluding hydrogens is 466 g/mol. The third-order valence-electron chi connectivity index (χ3n) is 5.42. The zero-order valence-corrected chi connectivity index (χ0v) is 19.8. The van der Waals surface area contributed by atoms with Crippen molar-refractivity contribution in [2.45, 2.75) is 26.2 Å². The molecule has 1 aliphatic heterocycles. The van der Waals surface area contributed by atoms with Crippen LogP contribution >= 0.6 is 0 Å². The Bertz CT molecular complexity index is 1410. The van der Waals surface area contributed by atoms with Crippen LogP contribution in [0.4, 0.5) is 5.69 Å². The van der Waals surface area contributed by atoms with Crippen LogP contribution < -0.4 is 15.4 Å². The van der Waals surface area contributed by atoms with Crippen molar-refractivity contribution >= 4 is 28.6 Å². The van der Waals surface area contributed by atoms with E-state index in [-0.39, 0.29) is 17.9 Å². The number of carbonyl (C=O) groups is 2. The normalized spacial score (nSPS) is 14.8. The predicted octanol–water partition coefficient (Wildman–Crippen LogP) is 4.35. The number of aromatic nitrogens is 1. The summed E-state index contributed by atoms with van der Waals surface area (Å²) in [6.45, 7) is 3.15. The monoisotopic (exact) mass is 489 g/mol. The van der Waals surface area contributed by atoms with E-state index in [0.29, 0.717) is 28.5 Å². The van der Waals surface area contributed by atoms with Gasteiger partial charge in [0.15, 0.2) is 17.7 Å². The molecule has 2 aromatic carbocycles. The Kier molecular flexibility index (Phi) is 5.85. The van der Waals surface area contributed by atoms with E-state index in [0.717, 1.165) is 11.0 Å². The Morgan fingerprint density at radius 1 is 1.06 bits per heavy atom. The number of hydrogen-bond donors (Lipinski definition) is 2. The number of para-hydroxylation sites is 1. The van der Waals surface area contributed by atoms with Gasteiger partial charge in [-0.25, -0.2) is 14.6 Å². The average molecular weight is 489 g/mol. The van der Waals surface area contributed by atoms with Gasteiger partial charge in [-0.1, -0.05) is 18.2 Å². The molecule has 0 aliphatic carbocycles. The van der Waals surface area contributed by atoms with Crippen molar-refractivity contribution < 1.29 is 32.6 Å². The lowest BCUT2D eigenvalue weighted by atomic mass is 10.1. The quantitative estimate of drug-likeness (QED) is 0.220. The Labute approximate surface area is 205 Å². The molecule has 36 heavy (non-hydrogen) atoms. The number of nitrogens with one attached hydrogen (secondary N) is 2. The number of methoxy groups -OCH3 is 1. The topological polar surface area (TPSA) is 125 Å². The van der Waals surface area contributed by atoms with Gasteiger partial charge in [0.1, 0.15) is 22.9 Å². The van der Waals surface area contributed by atoms with E-state index >= 15 is 0 Å². The smallest absolute Gasteiger partial charge is 0.352 e. The molecule has 0 bridgehead atoms. The number of nitrogens with zero attached hydrogens (tertiary/aromatic N) is 1. The lowest BCUT2D eigenvalue weighted by Gasteiger charge is -2.31. The van der Waals surface area contributed by atoms with Crippen LogP contribution in [0.25, 0.3) is 22.3 Å². The third kappa shape index (κ3) is 4.61. The van der Waals surface area contributed by atoms with Crippen LogP contribution in [0.3, 0.4) is 0 Å². The van der Waals surface area contributed by atoms with E-state index in [9.17, 15) is 9.59 Å². The fraction of sp³-hybridized carbons (Fsp3) is 0.192. The molecule has 5 rings (SSSR count). The first-order valence-electron chi connectivity index (χ1n) is 11.1. The van der Waals surface area contributed by atoms with Gasteiger partial charge in [-0.3, -0.25) is 0 Å². The van der Waals surface area contributed by atoms with Crippen molar-refractivity contribution in [1.29, 1.82) is 0 Å². The highest BCUT2D eigenvalue weighted by molar-refractivity contribution is 6.16. The minimum Gasteiger partial charge on any atom is -0.496 e. The van der Waals surface area contributed by atoms with E-state index in [2.05, 4.69) is 15.6 Å². The molecule has 1 fully saturated rings. The molecule has 0 unspecified atom stereocenters. The van der Waals surface area contributed by atoms with Crippen molar-refractivity contribution in [3.63, 3.8) is 0 Å². The number of oxazole rings is 1. The number of cyclic esters (lactones) is 2. The molecule has 0 spiro atoms. The minimum atomic E-state index is -1.37. The summed E-state index contributed by atoms with van der Waals surface area (Å²) in [5, 5.41) is 7.11. The third-order valence-corrected chi connectivity index (χ3v) is 5.42. The maximum absolute atomic E-state index is 12.8. The van der Waals surface area contributed by atoms with Crippen LogP contribution in [0, 0.1) is 0 Å². The van der Waals surface area contributed by atoms with Crippen LogP contribution in [0.15, 0.2) is 81.3 Å². The molecule has 0 atom stereocenters. The average Bonchev–Trinajstić information content (AvgIpc) is 3.51. The van der Waals surface area contributed by atoms with Crippen molar-refractivity contribution in [1.82, 2.24) is 10.3 Å². The molecule has 2 aromatic heterocycles. The van der Waals surface area contributed by atoms with Crippen molar-refractivity contribution in [2.24, 2.45) is 0 Å². The molecular formula is C26H23N3O7. The first-order chi connectivity index (χ1) is 17.3. The van der Waals surface area contributed by atoms with E-state index in [1.54, 1.807) is 24.4 Å². The number of anilines is 1. The highest BCUT2D eigenvalue weighted by Gasteiger charge is 2.41. The summed E-state index contributed by atoms with van der Waals surface area (Å²) in [6.07, 6.45) is 2.90. The molecule has 1 saturated heterocycles. The summed E-state index contributed by atoms with van der Waals surface area (Å²) < 4.78 is 27.3. The summed E-state index contributed by atoms with van der Waals surface area (Å²) in [5.74, 6) is -1.29. The van der Waals surface area contributed by atoms with Crippen molar-refractivity contribution in [2.75, 3.05) is 12.4 Å². The van der Waals surface area contributed by atoms with E-state index in [1.165, 1.54) is 27.4 Å². The number of benzene rings is 2. The fourth-order valence-corrected chi connectivity index (χ4v) is 3.82. The van der Waals surface area contributed by atoms with Crippen LogP contribution in [0.2, 0.25) is 0 Å². The first-order valence-corrected chi connectivity index (χ1v) is 11.1. The minimum absolute atomic E-state index is 0.0930. The zero-order chi connectivity index (χ0) is 25.3. The van der Waals surface area contributed by atoms with Crippen LogP contribution in [-0.4, -0.2) is 29.8 Å². The second-order valence-electron chi connectivity index (χ2n) is 8.44.